The van der Waals surface area contributed by atoms with Crippen LogP contribution in [0, 0.1) is 29.1 Å². The van der Waals surface area contributed by atoms with Gasteiger partial charge in [0.2, 0.25) is 0 Å². The van der Waals surface area contributed by atoms with Crippen LogP contribution in [0.1, 0.15) is 52.4 Å². The summed E-state index contributed by atoms with van der Waals surface area (Å²) in [6.45, 7) is 3.67. The topological polar surface area (TPSA) is 111 Å². The molecule has 2 rings (SSSR count). The van der Waals surface area contributed by atoms with Gasteiger partial charge in [0.25, 0.3) is 5.25 Å². The van der Waals surface area contributed by atoms with Gasteiger partial charge >= 0.3 is 30.1 Å². The molecule has 0 amide bonds. The smallest absolute Gasteiger partial charge is 0.405 e. The van der Waals surface area contributed by atoms with Crippen LogP contribution in [-0.4, -0.2) is 49.0 Å². The van der Waals surface area contributed by atoms with Gasteiger partial charge in [0.15, 0.2) is 9.84 Å². The van der Waals surface area contributed by atoms with Gasteiger partial charge in [0.1, 0.15) is 0 Å². The number of alkyl halides is 6. The number of sulfone groups is 1. The molecule has 33 heavy (non-hydrogen) atoms. The van der Waals surface area contributed by atoms with Crippen LogP contribution in [0.3, 0.4) is 0 Å². The van der Waals surface area contributed by atoms with Crippen LogP contribution in [0.5, 0.6) is 0 Å². The van der Waals surface area contributed by atoms with E-state index in [1.54, 1.807) is 6.92 Å². The van der Waals surface area contributed by atoms with Crippen molar-refractivity contribution >= 4 is 21.8 Å². The van der Waals surface area contributed by atoms with Crippen LogP contribution in [0.2, 0.25) is 0 Å². The van der Waals surface area contributed by atoms with Gasteiger partial charge in [-0.25, -0.2) is 18.0 Å². The summed E-state index contributed by atoms with van der Waals surface area (Å²) < 4.78 is 111. The van der Waals surface area contributed by atoms with Crippen molar-refractivity contribution < 1.29 is 53.8 Å². The van der Waals surface area contributed by atoms with Gasteiger partial charge in [0.05, 0.1) is 11.3 Å². The molecule has 14 heteroatoms. The van der Waals surface area contributed by atoms with E-state index in [0.717, 1.165) is 6.42 Å². The van der Waals surface area contributed by atoms with Gasteiger partial charge in [-0.05, 0) is 50.9 Å². The van der Waals surface area contributed by atoms with Gasteiger partial charge < -0.3 is 9.47 Å². The molecule has 0 radical (unpaired) electrons. The summed E-state index contributed by atoms with van der Waals surface area (Å²) in [5.74, 6) is -10.6. The first-order chi connectivity index (χ1) is 15.0. The van der Waals surface area contributed by atoms with E-state index in [1.165, 1.54) is 0 Å². The predicted octanol–water partition coefficient (Wildman–Crippen LogP) is 3.83. The molecule has 0 aromatic rings. The summed E-state index contributed by atoms with van der Waals surface area (Å²) in [5, 5.41) is 4.73. The molecule has 2 unspecified atom stereocenters. The zero-order valence-corrected chi connectivity index (χ0v) is 18.5. The largest absolute Gasteiger partial charge is 0.478 e. The molecule has 0 bridgehead atoms. The number of carbonyl (C=O) groups is 2. The molecule has 2 aliphatic rings. The number of ether oxygens (including phenoxy) is 2. The summed E-state index contributed by atoms with van der Waals surface area (Å²) in [5.41, 5.74) is 0. The zero-order valence-electron chi connectivity index (χ0n) is 17.7. The van der Waals surface area contributed by atoms with Gasteiger partial charge in [-0.15, -0.1) is 0 Å². The Morgan fingerprint density at radius 3 is 1.85 bits per heavy atom. The number of carbonyl (C=O) groups excluding carboxylic acids is 2. The van der Waals surface area contributed by atoms with E-state index in [4.69, 9.17) is 5.26 Å². The summed E-state index contributed by atoms with van der Waals surface area (Å²) in [7, 11) is -4.84. The van der Waals surface area contributed by atoms with Crippen molar-refractivity contribution in [2.24, 2.45) is 17.8 Å². The van der Waals surface area contributed by atoms with E-state index in [9.17, 15) is 44.3 Å². The highest BCUT2D eigenvalue weighted by Crippen LogP contribution is 2.49. The van der Waals surface area contributed by atoms with Crippen molar-refractivity contribution in [2.75, 3.05) is 0 Å². The summed E-state index contributed by atoms with van der Waals surface area (Å²) in [6, 6.07) is 2.12. The van der Waals surface area contributed by atoms with E-state index >= 15 is 0 Å². The second-order valence-corrected chi connectivity index (χ2v) is 10.7. The minimum absolute atomic E-state index is 0.0469. The van der Waals surface area contributed by atoms with Crippen LogP contribution >= 0.6 is 0 Å². The van der Waals surface area contributed by atoms with Gasteiger partial charge in [-0.1, -0.05) is 13.3 Å². The normalized spacial score (nSPS) is 26.6. The number of rotatable bonds is 6. The first-order valence-electron chi connectivity index (χ1n) is 10.2. The van der Waals surface area contributed by atoms with Gasteiger partial charge in [-0.3, -0.25) is 0 Å². The van der Waals surface area contributed by atoms with Crippen molar-refractivity contribution in [1.29, 1.82) is 5.26 Å². The molecule has 0 spiro atoms. The average Bonchev–Trinajstić information content (AvgIpc) is 2.69. The number of hydrogen-bond donors (Lipinski definition) is 0. The molecular weight excluding hydrogens is 484 g/mol. The number of nitrogens with zero attached hydrogens (tertiary/aromatic N) is 1. The second kappa shape index (κ2) is 9.31. The number of cyclic esters (lactones) is 2. The maximum atomic E-state index is 13.0. The molecule has 1 saturated carbocycles. The second-order valence-electron chi connectivity index (χ2n) is 8.39. The molecule has 2 fully saturated rings. The summed E-state index contributed by atoms with van der Waals surface area (Å²) >= 11 is 0. The van der Waals surface area contributed by atoms with Crippen LogP contribution in [-0.2, 0) is 28.9 Å². The van der Waals surface area contributed by atoms with Crippen LogP contribution in [0.25, 0.3) is 0 Å². The molecule has 7 nitrogen and oxygen atoms in total. The SMILES string of the molecule is CCC(CC(C)C#N)C1CCC(S(=O)(=O)C2C(=O)OC(C(F)(F)F)(C(F)(F)F)OC2=O)CC1. The third-order valence-corrected chi connectivity index (χ3v) is 8.69. The molecular formula is C19H23F6NO6S. The third-order valence-electron chi connectivity index (χ3n) is 6.24. The molecule has 1 aliphatic heterocycles. The first-order valence-corrected chi connectivity index (χ1v) is 11.8. The van der Waals surface area contributed by atoms with Gasteiger partial charge in [-0.2, -0.15) is 31.6 Å². The highest BCUT2D eigenvalue weighted by molar-refractivity contribution is 7.94. The fourth-order valence-corrected chi connectivity index (χ4v) is 6.39. The predicted molar refractivity (Wildman–Crippen MR) is 98.7 cm³/mol. The Balaban J connectivity index is 2.20. The van der Waals surface area contributed by atoms with E-state index < -0.39 is 50.4 Å². The van der Waals surface area contributed by atoms with E-state index in [2.05, 4.69) is 15.5 Å². The lowest BCUT2D eigenvalue weighted by molar-refractivity contribution is -0.448. The molecule has 0 N–H and O–H groups in total. The molecule has 2 atom stereocenters. The molecule has 1 aliphatic carbocycles. The van der Waals surface area contributed by atoms with E-state index in [0.29, 0.717) is 19.3 Å². The number of halogens is 6. The number of hydrogen-bond acceptors (Lipinski definition) is 7. The fraction of sp³-hybridized carbons (Fsp3) is 0.842. The van der Waals surface area contributed by atoms with Crippen molar-refractivity contribution in [3.8, 4) is 6.07 Å². The van der Waals surface area contributed by atoms with Crippen molar-refractivity contribution in [3.63, 3.8) is 0 Å². The van der Waals surface area contributed by atoms with E-state index in [-0.39, 0.29) is 30.6 Å². The average molecular weight is 507 g/mol. The van der Waals surface area contributed by atoms with Crippen LogP contribution < -0.4 is 0 Å². The Hall–Kier alpha value is -2.04. The Morgan fingerprint density at radius 2 is 1.48 bits per heavy atom. The third kappa shape index (κ3) is 5.07. The maximum Gasteiger partial charge on any atom is 0.478 e. The Morgan fingerprint density at radius 1 is 1.03 bits per heavy atom. The molecule has 1 heterocycles. The minimum Gasteiger partial charge on any atom is -0.405 e. The van der Waals surface area contributed by atoms with Crippen molar-refractivity contribution in [2.45, 2.75) is 81.0 Å². The first kappa shape index (κ1) is 27.2. The summed E-state index contributed by atoms with van der Waals surface area (Å²) in [6.07, 6.45) is -10.9. The van der Waals surface area contributed by atoms with Crippen LogP contribution in [0.4, 0.5) is 26.3 Å². The fourth-order valence-electron chi connectivity index (χ4n) is 4.45. The number of esters is 2. The molecule has 0 aromatic heterocycles. The molecule has 1 saturated heterocycles. The highest BCUT2D eigenvalue weighted by atomic mass is 32.2. The monoisotopic (exact) mass is 507 g/mol. The highest BCUT2D eigenvalue weighted by Gasteiger charge is 2.81. The number of nitriles is 1. The Kier molecular flexibility index (Phi) is 7.67. The standard InChI is InChI=1S/C19H23F6NO6S/c1-3-11(8-10(2)9-26)12-4-6-13(7-5-12)33(29,30)14-15(27)31-17(18(20,21)22,19(23,24)25)32-16(14)28/h10-14H,3-8H2,1-2H3. The van der Waals surface area contributed by atoms with Crippen molar-refractivity contribution in [1.82, 2.24) is 0 Å². The lowest BCUT2D eigenvalue weighted by Crippen LogP contribution is -2.68. The van der Waals surface area contributed by atoms with Crippen molar-refractivity contribution in [3.05, 3.63) is 0 Å². The maximum absolute atomic E-state index is 13.0. The Bertz CT molecular complexity index is 867. The van der Waals surface area contributed by atoms with Gasteiger partial charge in [0, 0.05) is 5.92 Å². The minimum atomic E-state index is -6.38. The lowest BCUT2D eigenvalue weighted by atomic mass is 9.75. The van der Waals surface area contributed by atoms with E-state index in [1.807, 2.05) is 6.92 Å². The lowest BCUT2D eigenvalue weighted by Gasteiger charge is -2.40. The van der Waals surface area contributed by atoms with Crippen LogP contribution in [0.15, 0.2) is 0 Å². The quantitative estimate of drug-likeness (QED) is 0.305. The molecule has 0 aromatic carbocycles. The zero-order chi connectivity index (χ0) is 25.4. The molecule has 188 valence electrons. The summed E-state index contributed by atoms with van der Waals surface area (Å²) in [4.78, 5) is 24.1. The Labute approximate surface area is 186 Å².